The first-order valence-corrected chi connectivity index (χ1v) is 12.0. The molecule has 1 N–H and O–H groups in total. The molecule has 31 heavy (non-hydrogen) atoms. The van der Waals surface area contributed by atoms with Crippen molar-refractivity contribution < 1.29 is 19.4 Å². The van der Waals surface area contributed by atoms with Gasteiger partial charge in [-0.15, -0.1) is 0 Å². The lowest BCUT2D eigenvalue weighted by molar-refractivity contribution is -0.216. The van der Waals surface area contributed by atoms with Crippen molar-refractivity contribution in [1.29, 1.82) is 0 Å². The van der Waals surface area contributed by atoms with Crippen molar-refractivity contribution in [1.82, 2.24) is 4.90 Å². The Labute approximate surface area is 183 Å². The van der Waals surface area contributed by atoms with E-state index in [1.807, 2.05) is 6.07 Å². The van der Waals surface area contributed by atoms with Crippen molar-refractivity contribution in [3.8, 4) is 11.5 Å². The molecule has 2 heterocycles. The van der Waals surface area contributed by atoms with Gasteiger partial charge in [-0.05, 0) is 63.1 Å². The number of phenols is 1. The minimum absolute atomic E-state index is 0.0722. The number of rotatable bonds is 5. The average Bonchev–Trinajstić information content (AvgIpc) is 3.48. The molecule has 2 saturated carbocycles. The zero-order valence-corrected chi connectivity index (χ0v) is 18.4. The number of aromatic hydroxyl groups is 1. The minimum Gasteiger partial charge on any atom is -0.504 e. The fraction of sp³-hybridized carbons (Fsp3) is 0.654. The highest BCUT2D eigenvalue weighted by molar-refractivity contribution is 5.76. The summed E-state index contributed by atoms with van der Waals surface area (Å²) in [5.41, 5.74) is 1.69. The molecule has 0 amide bonds. The zero-order chi connectivity index (χ0) is 21.2. The third kappa shape index (κ3) is 2.00. The molecule has 5 nitrogen and oxygen atoms in total. The van der Waals surface area contributed by atoms with Crippen molar-refractivity contribution in [2.45, 2.75) is 68.6 Å². The maximum atomic E-state index is 12.3. The van der Waals surface area contributed by atoms with Gasteiger partial charge in [0.2, 0.25) is 0 Å². The van der Waals surface area contributed by atoms with E-state index in [0.29, 0.717) is 18.2 Å². The Morgan fingerprint density at radius 2 is 2.16 bits per heavy atom. The Bertz CT molecular complexity index is 1030. The van der Waals surface area contributed by atoms with E-state index in [4.69, 9.17) is 9.47 Å². The first-order chi connectivity index (χ1) is 14.9. The number of hydrogen-bond donors (Lipinski definition) is 1. The van der Waals surface area contributed by atoms with Gasteiger partial charge in [-0.3, -0.25) is 4.90 Å². The fourth-order valence-corrected chi connectivity index (χ4v) is 8.50. The molecule has 7 aliphatic rings. The smallest absolute Gasteiger partial charge is 0.165 e. The van der Waals surface area contributed by atoms with Gasteiger partial charge in [-0.2, -0.15) is 0 Å². The van der Waals surface area contributed by atoms with Gasteiger partial charge in [0.05, 0.1) is 5.41 Å². The molecule has 0 aromatic heterocycles. The Hall–Kier alpha value is -1.85. The topological polar surface area (TPSA) is 59.0 Å². The molecule has 2 spiro atoms. The van der Waals surface area contributed by atoms with E-state index >= 15 is 0 Å². The average molecular weight is 422 g/mol. The molecule has 1 aromatic rings. The number of carbonyl (C=O) groups excluding carboxylic acids is 1. The van der Waals surface area contributed by atoms with Crippen LogP contribution in [0.5, 0.6) is 11.5 Å². The number of nitrogens with zero attached hydrogens (tertiary/aromatic N) is 1. The third-order valence-corrected chi connectivity index (χ3v) is 9.78. The molecular formula is C26H31NO4. The Kier molecular flexibility index (Phi) is 3.46. The highest BCUT2D eigenvalue weighted by atomic mass is 16.6. The van der Waals surface area contributed by atoms with Crippen molar-refractivity contribution in [2.75, 3.05) is 20.2 Å². The van der Waals surface area contributed by atoms with Crippen LogP contribution in [0.4, 0.5) is 0 Å². The number of ketones is 1. The molecule has 0 unspecified atom stereocenters. The summed E-state index contributed by atoms with van der Waals surface area (Å²) < 4.78 is 13.0. The van der Waals surface area contributed by atoms with Gasteiger partial charge in [-0.25, -0.2) is 0 Å². The van der Waals surface area contributed by atoms with E-state index in [9.17, 15) is 9.90 Å². The van der Waals surface area contributed by atoms with Crippen molar-refractivity contribution in [3.05, 3.63) is 35.4 Å². The molecule has 2 aliphatic heterocycles. The molecule has 0 radical (unpaired) electrons. The van der Waals surface area contributed by atoms with E-state index in [1.54, 1.807) is 14.0 Å². The summed E-state index contributed by atoms with van der Waals surface area (Å²) in [6, 6.07) is 4.35. The minimum atomic E-state index is -0.628. The standard InChI is InChI=1S/C26H31NO4/c1-15(28)11-18-13-24-7-8-26(18,30-2)23-25(24)9-10-27(14-16-3-4-16)20(24)12-17-5-6-19(29)22(31-23)21(17)25/h5-8,16,18,20,23,29H,3-4,9-14H2,1-2H3/t18-,20+,23+,24+,25-,26+/m0/s1. The van der Waals surface area contributed by atoms with Crippen LogP contribution < -0.4 is 4.74 Å². The number of ether oxygens (including phenoxy) is 2. The van der Waals surface area contributed by atoms with Crippen molar-refractivity contribution in [2.24, 2.45) is 17.3 Å². The van der Waals surface area contributed by atoms with Crippen LogP contribution in [0.1, 0.15) is 50.2 Å². The lowest BCUT2D eigenvalue weighted by Gasteiger charge is -2.71. The second kappa shape index (κ2) is 5.74. The number of carbonyl (C=O) groups is 1. The van der Waals surface area contributed by atoms with Gasteiger partial charge >= 0.3 is 0 Å². The zero-order valence-electron chi connectivity index (χ0n) is 18.4. The Morgan fingerprint density at radius 3 is 2.90 bits per heavy atom. The van der Waals surface area contributed by atoms with Crippen LogP contribution in [0, 0.1) is 17.3 Å². The highest BCUT2D eigenvalue weighted by Gasteiger charge is 2.79. The number of benzene rings is 1. The van der Waals surface area contributed by atoms with Gasteiger partial charge in [0.15, 0.2) is 11.5 Å². The predicted octanol–water partition coefficient (Wildman–Crippen LogP) is 3.37. The molecule has 3 fully saturated rings. The predicted molar refractivity (Wildman–Crippen MR) is 115 cm³/mol. The molecule has 5 heteroatoms. The van der Waals surface area contributed by atoms with Gasteiger partial charge in [0, 0.05) is 43.0 Å². The van der Waals surface area contributed by atoms with Crippen LogP contribution in [0.25, 0.3) is 0 Å². The largest absolute Gasteiger partial charge is 0.504 e. The number of Topliss-reactive ketones (excluding diaryl/α,β-unsaturated/α-hetero) is 1. The van der Waals surface area contributed by atoms with Crippen LogP contribution in [-0.2, 0) is 21.4 Å². The lowest BCUT2D eigenvalue weighted by Crippen LogP contribution is -2.79. The Balaban J connectivity index is 1.48. The monoisotopic (exact) mass is 421 g/mol. The second-order valence-corrected chi connectivity index (χ2v) is 11.1. The first kappa shape index (κ1) is 18.7. The fourth-order valence-electron chi connectivity index (χ4n) is 8.50. The first-order valence-electron chi connectivity index (χ1n) is 12.0. The van der Waals surface area contributed by atoms with E-state index in [1.165, 1.54) is 30.5 Å². The van der Waals surface area contributed by atoms with Crippen molar-refractivity contribution >= 4 is 5.78 Å². The maximum absolute atomic E-state index is 12.3. The summed E-state index contributed by atoms with van der Waals surface area (Å²) in [4.78, 5) is 15.1. The molecular weight excluding hydrogens is 390 g/mol. The molecule has 4 bridgehead atoms. The maximum Gasteiger partial charge on any atom is 0.165 e. The summed E-state index contributed by atoms with van der Waals surface area (Å²) in [6.45, 7) is 3.95. The molecule has 1 aromatic carbocycles. The molecule has 1 saturated heterocycles. The van der Waals surface area contributed by atoms with Crippen molar-refractivity contribution in [3.63, 3.8) is 0 Å². The van der Waals surface area contributed by atoms with E-state index in [0.717, 1.165) is 31.7 Å². The summed E-state index contributed by atoms with van der Waals surface area (Å²) in [5.74, 6) is 2.07. The van der Waals surface area contributed by atoms with Crippen LogP contribution in [0.2, 0.25) is 0 Å². The lowest BCUT2D eigenvalue weighted by atomic mass is 9.37. The summed E-state index contributed by atoms with van der Waals surface area (Å²) >= 11 is 0. The van der Waals surface area contributed by atoms with Crippen LogP contribution in [-0.4, -0.2) is 53.7 Å². The number of phenolic OH excluding ortho intramolecular Hbond substituents is 1. The van der Waals surface area contributed by atoms with Crippen LogP contribution in [0.15, 0.2) is 24.3 Å². The van der Waals surface area contributed by atoms with E-state index in [-0.39, 0.29) is 34.4 Å². The number of fused-ring (bicyclic) bond motifs is 1. The van der Waals surface area contributed by atoms with Crippen LogP contribution in [0.3, 0.4) is 0 Å². The van der Waals surface area contributed by atoms with Gasteiger partial charge in [0.1, 0.15) is 17.5 Å². The highest BCUT2D eigenvalue weighted by Crippen LogP contribution is 2.75. The number of hydrogen-bond acceptors (Lipinski definition) is 5. The summed E-state index contributed by atoms with van der Waals surface area (Å²) in [5, 5.41) is 10.8. The SMILES string of the molecule is CO[C@]12C=C[C@@]3(C[C@@H]1CC(C)=O)[C@H]1Cc4ccc(O)c5c4[C@@]3(CCN1CC1CC1)[C@H]2O5. The summed E-state index contributed by atoms with van der Waals surface area (Å²) in [7, 11) is 1.77. The van der Waals surface area contributed by atoms with E-state index in [2.05, 4.69) is 23.1 Å². The van der Waals surface area contributed by atoms with E-state index < -0.39 is 5.60 Å². The quantitative estimate of drug-likeness (QED) is 0.739. The normalized spacial score (nSPS) is 43.6. The summed E-state index contributed by atoms with van der Waals surface area (Å²) in [6.07, 6.45) is 10.7. The molecule has 164 valence electrons. The van der Waals surface area contributed by atoms with Crippen LogP contribution >= 0.6 is 0 Å². The molecule has 6 atom stereocenters. The second-order valence-electron chi connectivity index (χ2n) is 11.1. The number of likely N-dealkylation sites (tertiary alicyclic amines) is 1. The number of methoxy groups -OCH3 is 1. The Morgan fingerprint density at radius 1 is 1.32 bits per heavy atom. The number of piperidine rings is 1. The van der Waals surface area contributed by atoms with Gasteiger partial charge < -0.3 is 19.4 Å². The third-order valence-electron chi connectivity index (χ3n) is 9.78. The molecule has 5 aliphatic carbocycles. The van der Waals surface area contributed by atoms with Gasteiger partial charge in [0.25, 0.3) is 0 Å². The van der Waals surface area contributed by atoms with Gasteiger partial charge in [-0.1, -0.05) is 18.2 Å². The molecule has 8 rings (SSSR count).